The Hall–Kier alpha value is -0.420. The molecular formula is C8H16IN3O4S. The van der Waals surface area contributed by atoms with Crippen LogP contribution >= 0.6 is 21.2 Å². The first kappa shape index (κ1) is 16.6. The van der Waals surface area contributed by atoms with Crippen LogP contribution in [0.1, 0.15) is 0 Å². The minimum Gasteiger partial charge on any atom is -0.347 e. The van der Waals surface area contributed by atoms with Crippen LogP contribution in [0.25, 0.3) is 0 Å². The van der Waals surface area contributed by atoms with Gasteiger partial charge in [0.1, 0.15) is 0 Å². The van der Waals surface area contributed by atoms with Crippen LogP contribution in [0.4, 0.5) is 0 Å². The summed E-state index contributed by atoms with van der Waals surface area (Å²) in [6.07, 6.45) is 0. The van der Waals surface area contributed by atoms with E-state index in [4.69, 9.17) is 0 Å². The van der Waals surface area contributed by atoms with E-state index in [2.05, 4.69) is 0 Å². The van der Waals surface area contributed by atoms with Crippen molar-refractivity contribution in [2.45, 2.75) is 0 Å². The molecule has 0 aromatic carbocycles. The summed E-state index contributed by atoms with van der Waals surface area (Å²) in [5.74, 6) is -0.649. The van der Waals surface area contributed by atoms with E-state index in [1.54, 1.807) is 14.1 Å². The number of hydrogen-bond acceptors (Lipinski definition) is 4. The van der Waals surface area contributed by atoms with Gasteiger partial charge in [0.05, 0.1) is 34.3 Å². The van der Waals surface area contributed by atoms with Crippen LogP contribution in [-0.4, -0.2) is 75.6 Å². The standard InChI is InChI=1S/C8H16IN3O4S/c1-10(2)7(13)5-11(3)8(14)6-12(4)17(9,15)16/h5-6H2,1-4H3. The lowest BCUT2D eigenvalue weighted by Crippen LogP contribution is -2.42. The molecule has 0 aliphatic rings. The summed E-state index contributed by atoms with van der Waals surface area (Å²) in [6.45, 7) is -0.344. The molecule has 100 valence electrons. The van der Waals surface area contributed by atoms with Crippen LogP contribution in [0.2, 0.25) is 0 Å². The fourth-order valence-corrected chi connectivity index (χ4v) is 1.50. The van der Waals surface area contributed by atoms with E-state index in [9.17, 15) is 18.0 Å². The van der Waals surface area contributed by atoms with Crippen LogP contribution in [0.3, 0.4) is 0 Å². The summed E-state index contributed by atoms with van der Waals surface area (Å²) < 4.78 is 23.1. The molecule has 0 aliphatic carbocycles. The van der Waals surface area contributed by atoms with E-state index in [1.807, 2.05) is 0 Å². The fourth-order valence-electron chi connectivity index (χ4n) is 0.821. The van der Waals surface area contributed by atoms with Gasteiger partial charge in [-0.05, 0) is 0 Å². The Morgan fingerprint density at radius 2 is 1.47 bits per heavy atom. The molecule has 0 unspecified atom stereocenters. The van der Waals surface area contributed by atoms with Crippen LogP contribution in [0.15, 0.2) is 0 Å². The van der Waals surface area contributed by atoms with E-state index in [0.29, 0.717) is 0 Å². The topological polar surface area (TPSA) is 78.0 Å². The second kappa shape index (κ2) is 6.50. The van der Waals surface area contributed by atoms with Gasteiger partial charge < -0.3 is 9.80 Å². The first-order valence-electron chi connectivity index (χ1n) is 4.65. The zero-order valence-electron chi connectivity index (χ0n) is 10.2. The highest BCUT2D eigenvalue weighted by molar-refractivity contribution is 14.2. The fraction of sp³-hybridized carbons (Fsp3) is 0.750. The third-order valence-electron chi connectivity index (χ3n) is 2.03. The molecule has 7 nitrogen and oxygen atoms in total. The lowest BCUT2D eigenvalue weighted by atomic mass is 10.4. The van der Waals surface area contributed by atoms with Crippen LogP contribution < -0.4 is 0 Å². The second-order valence-corrected chi connectivity index (χ2v) is 8.52. The Kier molecular flexibility index (Phi) is 6.34. The molecule has 0 aromatic heterocycles. The van der Waals surface area contributed by atoms with Crippen molar-refractivity contribution in [1.29, 1.82) is 0 Å². The maximum absolute atomic E-state index is 11.6. The molecule has 0 saturated heterocycles. The summed E-state index contributed by atoms with van der Waals surface area (Å²) in [4.78, 5) is 25.5. The Balaban J connectivity index is 4.39. The number of carbonyl (C=O) groups is 2. The third-order valence-corrected chi connectivity index (χ3v) is 4.92. The molecule has 0 spiro atoms. The number of hydrogen-bond donors (Lipinski definition) is 0. The molecule has 0 aromatic rings. The van der Waals surface area contributed by atoms with Gasteiger partial charge in [0.15, 0.2) is 0 Å². The minimum absolute atomic E-state index is 0.0685. The third kappa shape index (κ3) is 6.17. The van der Waals surface area contributed by atoms with Crippen molar-refractivity contribution in [2.75, 3.05) is 41.3 Å². The van der Waals surface area contributed by atoms with Crippen molar-refractivity contribution in [1.82, 2.24) is 14.1 Å². The van der Waals surface area contributed by atoms with Crippen molar-refractivity contribution in [2.24, 2.45) is 0 Å². The van der Waals surface area contributed by atoms with Gasteiger partial charge in [0.2, 0.25) is 11.8 Å². The molecule has 0 rings (SSSR count). The van der Waals surface area contributed by atoms with Crippen LogP contribution in [0, 0.1) is 0 Å². The summed E-state index contributed by atoms with van der Waals surface area (Å²) >= 11 is 1.25. The lowest BCUT2D eigenvalue weighted by Gasteiger charge is -2.21. The quantitative estimate of drug-likeness (QED) is 0.462. The lowest BCUT2D eigenvalue weighted by molar-refractivity contribution is -0.137. The minimum atomic E-state index is -3.42. The van der Waals surface area contributed by atoms with E-state index >= 15 is 0 Å². The zero-order chi connectivity index (χ0) is 13.8. The Morgan fingerprint density at radius 1 is 1.00 bits per heavy atom. The molecule has 0 saturated carbocycles. The molecule has 0 N–H and O–H groups in total. The van der Waals surface area contributed by atoms with Gasteiger partial charge in [-0.3, -0.25) is 9.59 Å². The molecule has 9 heteroatoms. The number of rotatable bonds is 5. The van der Waals surface area contributed by atoms with Gasteiger partial charge in [0, 0.05) is 28.2 Å². The van der Waals surface area contributed by atoms with E-state index in [-0.39, 0.29) is 19.0 Å². The highest BCUT2D eigenvalue weighted by Crippen LogP contribution is 2.06. The van der Waals surface area contributed by atoms with E-state index in [0.717, 1.165) is 4.31 Å². The molecule has 0 radical (unpaired) electrons. The maximum atomic E-state index is 11.6. The number of nitrogens with zero attached hydrogens (tertiary/aromatic N) is 3. The molecule has 17 heavy (non-hydrogen) atoms. The maximum Gasteiger partial charge on any atom is 0.267 e. The predicted molar refractivity (Wildman–Crippen MR) is 71.9 cm³/mol. The summed E-state index contributed by atoms with van der Waals surface area (Å²) in [5.41, 5.74) is 0. The zero-order valence-corrected chi connectivity index (χ0v) is 13.1. The largest absolute Gasteiger partial charge is 0.347 e. The van der Waals surface area contributed by atoms with Gasteiger partial charge in [-0.15, -0.1) is 0 Å². The number of amides is 2. The first-order valence-corrected chi connectivity index (χ1v) is 8.64. The normalized spacial score (nSPS) is 11.4. The Labute approximate surface area is 113 Å². The average Bonchev–Trinajstić information content (AvgIpc) is 2.15. The Bertz CT molecular complexity index is 396. The second-order valence-electron chi connectivity index (χ2n) is 3.74. The highest BCUT2D eigenvalue weighted by Gasteiger charge is 2.20. The first-order chi connectivity index (χ1) is 7.55. The smallest absolute Gasteiger partial charge is 0.267 e. The van der Waals surface area contributed by atoms with Gasteiger partial charge in [-0.25, -0.2) is 8.42 Å². The van der Waals surface area contributed by atoms with Crippen molar-refractivity contribution < 1.29 is 18.0 Å². The molecule has 0 heterocycles. The molecule has 0 bridgehead atoms. The number of halogens is 1. The average molecular weight is 377 g/mol. The molecule has 2 amide bonds. The van der Waals surface area contributed by atoms with Crippen molar-refractivity contribution >= 4 is 40.2 Å². The number of likely N-dealkylation sites (N-methyl/N-ethyl adjacent to an activating group) is 3. The van der Waals surface area contributed by atoms with Crippen molar-refractivity contribution in [3.63, 3.8) is 0 Å². The molecule has 0 fully saturated rings. The van der Waals surface area contributed by atoms with Gasteiger partial charge in [-0.2, -0.15) is 4.31 Å². The van der Waals surface area contributed by atoms with Gasteiger partial charge in [0.25, 0.3) is 7.19 Å². The highest BCUT2D eigenvalue weighted by atomic mass is 127. The van der Waals surface area contributed by atoms with Crippen LogP contribution in [-0.2, 0) is 16.8 Å². The molecule has 0 atom stereocenters. The summed E-state index contributed by atoms with van der Waals surface area (Å²) in [5, 5.41) is 0. The predicted octanol–water partition coefficient (Wildman–Crippen LogP) is -0.855. The van der Waals surface area contributed by atoms with E-state index < -0.39 is 13.1 Å². The molecular weight excluding hydrogens is 361 g/mol. The number of carbonyl (C=O) groups excluding carboxylic acids is 2. The monoisotopic (exact) mass is 377 g/mol. The van der Waals surface area contributed by atoms with Crippen LogP contribution in [0.5, 0.6) is 0 Å². The van der Waals surface area contributed by atoms with Gasteiger partial charge in [-0.1, -0.05) is 0 Å². The van der Waals surface area contributed by atoms with Gasteiger partial charge >= 0.3 is 0 Å². The molecule has 0 aliphatic heterocycles. The van der Waals surface area contributed by atoms with E-state index in [1.165, 1.54) is 45.1 Å². The Morgan fingerprint density at radius 3 is 1.82 bits per heavy atom. The SMILES string of the molecule is CN(C)C(=O)CN(C)C(=O)CN(C)S(=O)(=O)I. The van der Waals surface area contributed by atoms with Crippen molar-refractivity contribution in [3.05, 3.63) is 0 Å². The van der Waals surface area contributed by atoms with Crippen molar-refractivity contribution in [3.8, 4) is 0 Å². The summed E-state index contributed by atoms with van der Waals surface area (Å²) in [7, 11) is 2.52. The summed E-state index contributed by atoms with van der Waals surface area (Å²) in [6, 6.07) is 0.